The SMILES string of the molecule is COc1cccc(C(O)CNC(=O)c2ccc3ccccc3c2)c1. The van der Waals surface area contributed by atoms with Crippen LogP contribution in [-0.2, 0) is 0 Å². The van der Waals surface area contributed by atoms with Crippen molar-refractivity contribution in [2.75, 3.05) is 13.7 Å². The molecule has 0 spiro atoms. The van der Waals surface area contributed by atoms with Crippen molar-refractivity contribution in [1.29, 1.82) is 0 Å². The Hall–Kier alpha value is -2.85. The fourth-order valence-electron chi connectivity index (χ4n) is 2.59. The summed E-state index contributed by atoms with van der Waals surface area (Å²) in [5.41, 5.74) is 1.28. The Kier molecular flexibility index (Phi) is 4.77. The first kappa shape index (κ1) is 16.0. The number of benzene rings is 3. The zero-order valence-electron chi connectivity index (χ0n) is 13.4. The van der Waals surface area contributed by atoms with E-state index in [1.807, 2.05) is 48.5 Å². The average molecular weight is 321 g/mol. The van der Waals surface area contributed by atoms with Crippen LogP contribution in [0.25, 0.3) is 10.8 Å². The highest BCUT2D eigenvalue weighted by atomic mass is 16.5. The first-order chi connectivity index (χ1) is 11.7. The van der Waals surface area contributed by atoms with Gasteiger partial charge in [0, 0.05) is 12.1 Å². The molecule has 4 heteroatoms. The number of carbonyl (C=O) groups excluding carboxylic acids is 1. The lowest BCUT2D eigenvalue weighted by Gasteiger charge is -2.13. The highest BCUT2D eigenvalue weighted by Gasteiger charge is 2.12. The number of ether oxygens (including phenoxy) is 1. The van der Waals surface area contributed by atoms with Crippen LogP contribution in [0.2, 0.25) is 0 Å². The van der Waals surface area contributed by atoms with Crippen molar-refractivity contribution in [3.05, 3.63) is 77.9 Å². The standard InChI is InChI=1S/C20H19NO3/c1-24-18-8-4-7-16(12-18)19(22)13-21-20(23)17-10-9-14-5-2-3-6-15(14)11-17/h2-12,19,22H,13H2,1H3,(H,21,23). The second-order valence-electron chi connectivity index (χ2n) is 5.56. The summed E-state index contributed by atoms with van der Waals surface area (Å²) in [5.74, 6) is 0.468. The van der Waals surface area contributed by atoms with Gasteiger partial charge in [-0.1, -0.05) is 42.5 Å². The molecule has 3 aromatic carbocycles. The first-order valence-corrected chi connectivity index (χ1v) is 7.76. The summed E-state index contributed by atoms with van der Waals surface area (Å²) in [4.78, 5) is 12.3. The van der Waals surface area contributed by atoms with E-state index in [4.69, 9.17) is 4.74 Å². The van der Waals surface area contributed by atoms with E-state index >= 15 is 0 Å². The number of rotatable bonds is 5. The van der Waals surface area contributed by atoms with Gasteiger partial charge in [0.25, 0.3) is 5.91 Å². The molecule has 0 aliphatic rings. The molecule has 3 aromatic rings. The van der Waals surface area contributed by atoms with Crippen LogP contribution in [0.1, 0.15) is 22.0 Å². The Morgan fingerprint density at radius 1 is 1.04 bits per heavy atom. The minimum atomic E-state index is -0.787. The average Bonchev–Trinajstić information content (AvgIpc) is 2.65. The van der Waals surface area contributed by atoms with Gasteiger partial charge in [0.2, 0.25) is 0 Å². The lowest BCUT2D eigenvalue weighted by Crippen LogP contribution is -2.28. The smallest absolute Gasteiger partial charge is 0.251 e. The summed E-state index contributed by atoms with van der Waals surface area (Å²) in [5, 5.41) is 15.1. The zero-order chi connectivity index (χ0) is 16.9. The van der Waals surface area contributed by atoms with Gasteiger partial charge in [0.15, 0.2) is 0 Å². The lowest BCUT2D eigenvalue weighted by atomic mass is 10.1. The van der Waals surface area contributed by atoms with Gasteiger partial charge in [-0.25, -0.2) is 0 Å². The largest absolute Gasteiger partial charge is 0.497 e. The minimum Gasteiger partial charge on any atom is -0.497 e. The molecule has 0 radical (unpaired) electrons. The van der Waals surface area contributed by atoms with E-state index in [-0.39, 0.29) is 12.5 Å². The Morgan fingerprint density at radius 3 is 2.62 bits per heavy atom. The third-order valence-electron chi connectivity index (χ3n) is 3.95. The molecular formula is C20H19NO3. The molecule has 3 rings (SSSR count). The van der Waals surface area contributed by atoms with E-state index in [0.29, 0.717) is 16.9 Å². The molecule has 2 N–H and O–H groups in total. The number of methoxy groups -OCH3 is 1. The second-order valence-corrected chi connectivity index (χ2v) is 5.56. The molecule has 1 atom stereocenters. The summed E-state index contributed by atoms with van der Waals surface area (Å²) in [6.45, 7) is 0.138. The number of aliphatic hydroxyl groups is 1. The van der Waals surface area contributed by atoms with Crippen molar-refractivity contribution in [3.8, 4) is 5.75 Å². The number of carbonyl (C=O) groups is 1. The minimum absolute atomic E-state index is 0.138. The quantitative estimate of drug-likeness (QED) is 0.758. The van der Waals surface area contributed by atoms with Gasteiger partial charge in [0.05, 0.1) is 13.2 Å². The molecule has 0 fully saturated rings. The Balaban J connectivity index is 1.67. The second kappa shape index (κ2) is 7.15. The van der Waals surface area contributed by atoms with Crippen LogP contribution >= 0.6 is 0 Å². The van der Waals surface area contributed by atoms with Crippen LogP contribution in [0.4, 0.5) is 0 Å². The Bertz CT molecular complexity index is 860. The summed E-state index contributed by atoms with van der Waals surface area (Å²) in [6, 6.07) is 20.6. The number of aliphatic hydroxyl groups excluding tert-OH is 1. The molecule has 0 aliphatic carbocycles. The van der Waals surface area contributed by atoms with Crippen molar-refractivity contribution in [2.24, 2.45) is 0 Å². The van der Waals surface area contributed by atoms with E-state index in [9.17, 15) is 9.90 Å². The number of amides is 1. The molecule has 0 bridgehead atoms. The van der Waals surface area contributed by atoms with Crippen molar-refractivity contribution in [3.63, 3.8) is 0 Å². The van der Waals surface area contributed by atoms with Crippen LogP contribution in [-0.4, -0.2) is 24.7 Å². The maximum Gasteiger partial charge on any atom is 0.251 e. The van der Waals surface area contributed by atoms with Crippen molar-refractivity contribution >= 4 is 16.7 Å². The number of fused-ring (bicyclic) bond motifs is 1. The molecule has 4 nitrogen and oxygen atoms in total. The Labute approximate surface area is 140 Å². The predicted molar refractivity (Wildman–Crippen MR) is 94.2 cm³/mol. The van der Waals surface area contributed by atoms with Gasteiger partial charge >= 0.3 is 0 Å². The van der Waals surface area contributed by atoms with Gasteiger partial charge in [-0.2, -0.15) is 0 Å². The summed E-state index contributed by atoms with van der Waals surface area (Å²) < 4.78 is 5.14. The monoisotopic (exact) mass is 321 g/mol. The topological polar surface area (TPSA) is 58.6 Å². The molecule has 1 unspecified atom stereocenters. The van der Waals surface area contributed by atoms with Gasteiger partial charge in [0.1, 0.15) is 5.75 Å². The molecule has 122 valence electrons. The van der Waals surface area contributed by atoms with Crippen LogP contribution in [0, 0.1) is 0 Å². The van der Waals surface area contributed by atoms with E-state index in [2.05, 4.69) is 5.32 Å². The molecule has 24 heavy (non-hydrogen) atoms. The molecule has 1 amide bonds. The van der Waals surface area contributed by atoms with E-state index in [1.54, 1.807) is 25.3 Å². The highest BCUT2D eigenvalue weighted by Crippen LogP contribution is 2.19. The van der Waals surface area contributed by atoms with E-state index < -0.39 is 6.10 Å². The van der Waals surface area contributed by atoms with Gasteiger partial charge in [-0.05, 0) is 40.6 Å². The van der Waals surface area contributed by atoms with Gasteiger partial charge in [-0.3, -0.25) is 4.79 Å². The normalized spacial score (nSPS) is 11.9. The predicted octanol–water partition coefficient (Wildman–Crippen LogP) is 3.31. The fraction of sp³-hybridized carbons (Fsp3) is 0.150. The lowest BCUT2D eigenvalue weighted by molar-refractivity contribution is 0.0916. The van der Waals surface area contributed by atoms with Crippen molar-refractivity contribution in [2.45, 2.75) is 6.10 Å². The summed E-state index contributed by atoms with van der Waals surface area (Å²) >= 11 is 0. The Morgan fingerprint density at radius 2 is 1.83 bits per heavy atom. The number of hydrogen-bond donors (Lipinski definition) is 2. The van der Waals surface area contributed by atoms with Crippen LogP contribution in [0.5, 0.6) is 5.75 Å². The molecule has 0 aromatic heterocycles. The van der Waals surface area contributed by atoms with E-state index in [1.165, 1.54) is 0 Å². The van der Waals surface area contributed by atoms with Gasteiger partial charge in [-0.15, -0.1) is 0 Å². The van der Waals surface area contributed by atoms with Crippen LogP contribution in [0.3, 0.4) is 0 Å². The van der Waals surface area contributed by atoms with Gasteiger partial charge < -0.3 is 15.2 Å². The molecule has 0 heterocycles. The van der Waals surface area contributed by atoms with Crippen LogP contribution < -0.4 is 10.1 Å². The number of nitrogens with one attached hydrogen (secondary N) is 1. The van der Waals surface area contributed by atoms with E-state index in [0.717, 1.165) is 10.8 Å². The van der Waals surface area contributed by atoms with Crippen molar-refractivity contribution in [1.82, 2.24) is 5.32 Å². The highest BCUT2D eigenvalue weighted by molar-refractivity contribution is 5.98. The summed E-state index contributed by atoms with van der Waals surface area (Å²) in [6.07, 6.45) is -0.787. The maximum absolute atomic E-state index is 12.3. The first-order valence-electron chi connectivity index (χ1n) is 7.76. The number of hydrogen-bond acceptors (Lipinski definition) is 3. The molecule has 0 aliphatic heterocycles. The molecular weight excluding hydrogens is 302 g/mol. The molecule has 0 saturated heterocycles. The maximum atomic E-state index is 12.3. The third-order valence-corrected chi connectivity index (χ3v) is 3.95. The van der Waals surface area contributed by atoms with Crippen molar-refractivity contribution < 1.29 is 14.6 Å². The molecule has 0 saturated carbocycles. The fourth-order valence-corrected chi connectivity index (χ4v) is 2.59. The third kappa shape index (κ3) is 3.55. The van der Waals surface area contributed by atoms with Crippen LogP contribution in [0.15, 0.2) is 66.7 Å². The summed E-state index contributed by atoms with van der Waals surface area (Å²) in [7, 11) is 1.58. The zero-order valence-corrected chi connectivity index (χ0v) is 13.4.